The molecule has 6 nitrogen and oxygen atoms in total. The molecule has 7 heteroatoms. The number of nitrogens with zero attached hydrogens (tertiary/aromatic N) is 1. The van der Waals surface area contributed by atoms with E-state index in [-0.39, 0.29) is 12.3 Å². The highest BCUT2D eigenvalue weighted by Gasteiger charge is 2.12. The Balaban J connectivity index is 1.95. The van der Waals surface area contributed by atoms with Crippen molar-refractivity contribution < 1.29 is 8.42 Å². The molecule has 21 heavy (non-hydrogen) atoms. The number of aromatic nitrogens is 2. The Morgan fingerprint density at radius 2 is 1.81 bits per heavy atom. The van der Waals surface area contributed by atoms with E-state index in [0.717, 1.165) is 28.9 Å². The van der Waals surface area contributed by atoms with Crippen molar-refractivity contribution in [2.75, 3.05) is 7.05 Å². The minimum Gasteiger partial charge on any atom is -0.316 e. The van der Waals surface area contributed by atoms with Gasteiger partial charge in [-0.3, -0.25) is 5.10 Å². The summed E-state index contributed by atoms with van der Waals surface area (Å²) in [6, 6.07) is 7.55. The van der Waals surface area contributed by atoms with Crippen molar-refractivity contribution >= 4 is 10.0 Å². The molecule has 0 bridgehead atoms. The maximum absolute atomic E-state index is 12.1. The van der Waals surface area contributed by atoms with Crippen LogP contribution < -0.4 is 10.0 Å². The zero-order chi connectivity index (χ0) is 15.3. The minimum atomic E-state index is -3.36. The number of sulfonamides is 1. The third-order valence-corrected chi connectivity index (χ3v) is 4.47. The molecule has 2 aromatic rings. The van der Waals surface area contributed by atoms with Gasteiger partial charge in [-0.2, -0.15) is 5.10 Å². The standard InChI is InChI=1S/C14H20N4O2S/c1-11-14(8-16-18-11)9-17-21(19,20)10-13-5-3-12(4-6-13)7-15-2/h3-6,8,15,17H,7,9-10H2,1-2H3,(H,16,18). The highest BCUT2D eigenvalue weighted by molar-refractivity contribution is 7.88. The number of aromatic amines is 1. The summed E-state index contributed by atoms with van der Waals surface area (Å²) in [5.74, 6) is -0.0241. The third-order valence-electron chi connectivity index (χ3n) is 3.18. The van der Waals surface area contributed by atoms with E-state index in [4.69, 9.17) is 0 Å². The van der Waals surface area contributed by atoms with Crippen LogP contribution in [0.3, 0.4) is 0 Å². The maximum atomic E-state index is 12.1. The van der Waals surface area contributed by atoms with Crippen LogP contribution in [0.4, 0.5) is 0 Å². The predicted octanol–water partition coefficient (Wildman–Crippen LogP) is 1.06. The summed E-state index contributed by atoms with van der Waals surface area (Å²) in [4.78, 5) is 0. The quantitative estimate of drug-likeness (QED) is 0.714. The first-order chi connectivity index (χ1) is 10.00. The van der Waals surface area contributed by atoms with Crippen molar-refractivity contribution in [1.29, 1.82) is 0 Å². The Labute approximate surface area is 125 Å². The van der Waals surface area contributed by atoms with Gasteiger partial charge in [0.05, 0.1) is 11.9 Å². The van der Waals surface area contributed by atoms with Crippen molar-refractivity contribution in [2.45, 2.75) is 25.8 Å². The molecule has 0 fully saturated rings. The number of benzene rings is 1. The summed E-state index contributed by atoms with van der Waals surface area (Å²) in [5, 5.41) is 9.70. The number of hydrogen-bond acceptors (Lipinski definition) is 4. The first-order valence-electron chi connectivity index (χ1n) is 6.69. The van der Waals surface area contributed by atoms with Gasteiger partial charge >= 0.3 is 0 Å². The van der Waals surface area contributed by atoms with Gasteiger partial charge < -0.3 is 5.32 Å². The van der Waals surface area contributed by atoms with E-state index < -0.39 is 10.0 Å². The molecule has 0 saturated carbocycles. The van der Waals surface area contributed by atoms with E-state index in [1.54, 1.807) is 6.20 Å². The van der Waals surface area contributed by atoms with Crippen LogP contribution in [0, 0.1) is 6.92 Å². The second-order valence-electron chi connectivity index (χ2n) is 4.95. The van der Waals surface area contributed by atoms with Crippen LogP contribution in [-0.4, -0.2) is 25.7 Å². The largest absolute Gasteiger partial charge is 0.316 e. The van der Waals surface area contributed by atoms with Crippen LogP contribution >= 0.6 is 0 Å². The Morgan fingerprint density at radius 1 is 1.14 bits per heavy atom. The summed E-state index contributed by atoms with van der Waals surface area (Å²) in [6.45, 7) is 2.88. The van der Waals surface area contributed by atoms with Gasteiger partial charge in [-0.25, -0.2) is 13.1 Å². The number of nitrogens with one attached hydrogen (secondary N) is 3. The molecule has 114 valence electrons. The summed E-state index contributed by atoms with van der Waals surface area (Å²) in [6.07, 6.45) is 1.63. The molecule has 0 atom stereocenters. The molecule has 2 rings (SSSR count). The van der Waals surface area contributed by atoms with Gasteiger partial charge in [0.25, 0.3) is 0 Å². The molecular weight excluding hydrogens is 288 g/mol. The van der Waals surface area contributed by atoms with Crippen LogP contribution in [0.5, 0.6) is 0 Å². The lowest BCUT2D eigenvalue weighted by Gasteiger charge is -2.07. The van der Waals surface area contributed by atoms with Crippen LogP contribution in [-0.2, 0) is 28.9 Å². The fourth-order valence-corrected chi connectivity index (χ4v) is 3.08. The highest BCUT2D eigenvalue weighted by Crippen LogP contribution is 2.09. The number of hydrogen-bond donors (Lipinski definition) is 3. The molecular formula is C14H20N4O2S. The molecule has 0 aliphatic rings. The maximum Gasteiger partial charge on any atom is 0.216 e. The van der Waals surface area contributed by atoms with Crippen molar-refractivity contribution in [2.24, 2.45) is 0 Å². The lowest BCUT2D eigenvalue weighted by Crippen LogP contribution is -2.24. The van der Waals surface area contributed by atoms with Crippen LogP contribution in [0.15, 0.2) is 30.5 Å². The third kappa shape index (κ3) is 4.66. The van der Waals surface area contributed by atoms with Crippen LogP contribution in [0.25, 0.3) is 0 Å². The highest BCUT2D eigenvalue weighted by atomic mass is 32.2. The average molecular weight is 308 g/mol. The molecule has 0 spiro atoms. The van der Waals surface area contributed by atoms with Crippen LogP contribution in [0.1, 0.15) is 22.4 Å². The number of H-pyrrole nitrogens is 1. The van der Waals surface area contributed by atoms with Crippen molar-refractivity contribution in [3.05, 3.63) is 52.8 Å². The van der Waals surface area contributed by atoms with Crippen molar-refractivity contribution in [1.82, 2.24) is 20.2 Å². The van der Waals surface area contributed by atoms with Gasteiger partial charge in [0.2, 0.25) is 10.0 Å². The van der Waals surface area contributed by atoms with E-state index >= 15 is 0 Å². The Hall–Kier alpha value is -1.70. The minimum absolute atomic E-state index is 0.0241. The molecule has 0 saturated heterocycles. The number of aryl methyl sites for hydroxylation is 1. The normalized spacial score (nSPS) is 11.7. The second-order valence-corrected chi connectivity index (χ2v) is 6.75. The average Bonchev–Trinajstić information content (AvgIpc) is 2.84. The van der Waals surface area contributed by atoms with E-state index in [0.29, 0.717) is 0 Å². The summed E-state index contributed by atoms with van der Waals surface area (Å²) < 4.78 is 26.7. The Kier molecular flexibility index (Phi) is 5.11. The lowest BCUT2D eigenvalue weighted by atomic mass is 10.1. The molecule has 3 N–H and O–H groups in total. The fourth-order valence-electron chi connectivity index (χ4n) is 1.97. The molecule has 1 heterocycles. The molecule has 0 radical (unpaired) electrons. The Morgan fingerprint density at radius 3 is 2.38 bits per heavy atom. The zero-order valence-corrected chi connectivity index (χ0v) is 13.0. The summed E-state index contributed by atoms with van der Waals surface area (Å²) >= 11 is 0. The SMILES string of the molecule is CNCc1ccc(CS(=O)(=O)NCc2cn[nH]c2C)cc1. The summed E-state index contributed by atoms with van der Waals surface area (Å²) in [5.41, 5.74) is 3.61. The van der Waals surface area contributed by atoms with Gasteiger partial charge in [0.15, 0.2) is 0 Å². The lowest BCUT2D eigenvalue weighted by molar-refractivity contribution is 0.580. The monoisotopic (exact) mass is 308 g/mol. The van der Waals surface area contributed by atoms with Gasteiger partial charge in [-0.15, -0.1) is 0 Å². The molecule has 1 aromatic carbocycles. The van der Waals surface area contributed by atoms with Gasteiger partial charge in [0, 0.05) is 24.3 Å². The molecule has 0 aliphatic heterocycles. The van der Waals surface area contributed by atoms with E-state index in [1.807, 2.05) is 38.2 Å². The van der Waals surface area contributed by atoms with E-state index in [9.17, 15) is 8.42 Å². The predicted molar refractivity (Wildman–Crippen MR) is 82.0 cm³/mol. The first-order valence-corrected chi connectivity index (χ1v) is 8.34. The topological polar surface area (TPSA) is 86.9 Å². The molecule has 0 aliphatic carbocycles. The van der Waals surface area contributed by atoms with Crippen LogP contribution in [0.2, 0.25) is 0 Å². The zero-order valence-electron chi connectivity index (χ0n) is 12.2. The smallest absolute Gasteiger partial charge is 0.216 e. The second kappa shape index (κ2) is 6.84. The van der Waals surface area contributed by atoms with Gasteiger partial charge in [-0.1, -0.05) is 24.3 Å². The number of rotatable bonds is 7. The van der Waals surface area contributed by atoms with Gasteiger partial charge in [0.1, 0.15) is 0 Å². The fraction of sp³-hybridized carbons (Fsp3) is 0.357. The van der Waals surface area contributed by atoms with Crippen molar-refractivity contribution in [3.63, 3.8) is 0 Å². The van der Waals surface area contributed by atoms with Crippen molar-refractivity contribution in [3.8, 4) is 0 Å². The van der Waals surface area contributed by atoms with E-state index in [1.165, 1.54) is 0 Å². The van der Waals surface area contributed by atoms with Gasteiger partial charge in [-0.05, 0) is 25.1 Å². The molecule has 1 aromatic heterocycles. The Bertz CT molecular complexity index is 677. The molecule has 0 amide bonds. The summed E-state index contributed by atoms with van der Waals surface area (Å²) in [7, 11) is -1.48. The molecule has 0 unspecified atom stereocenters. The first kappa shape index (κ1) is 15.7. The van der Waals surface area contributed by atoms with E-state index in [2.05, 4.69) is 20.2 Å².